The van der Waals surface area contributed by atoms with Gasteiger partial charge < -0.3 is 4.74 Å². The first-order valence-electron chi connectivity index (χ1n) is 5.74. The highest BCUT2D eigenvalue weighted by Crippen LogP contribution is 2.11. The molecule has 94 valence electrons. The van der Waals surface area contributed by atoms with Crippen molar-refractivity contribution in [2.24, 2.45) is 0 Å². The minimum absolute atomic E-state index is 0.174. The van der Waals surface area contributed by atoms with Crippen LogP contribution in [0.2, 0.25) is 0 Å². The first-order valence-corrected chi connectivity index (χ1v) is 5.74. The minimum atomic E-state index is 0.174. The Bertz CT molecular complexity index is 618. The van der Waals surface area contributed by atoms with E-state index in [0.717, 1.165) is 12.2 Å². The fraction of sp³-hybridized carbons (Fsp3) is 0.231. The summed E-state index contributed by atoms with van der Waals surface area (Å²) >= 11 is 0. The fourth-order valence-corrected chi connectivity index (χ4v) is 1.50. The zero-order chi connectivity index (χ0) is 13.5. The topological polar surface area (TPSA) is 87.5 Å². The van der Waals surface area contributed by atoms with Crippen molar-refractivity contribution in [3.63, 3.8) is 0 Å². The molecule has 0 aliphatic rings. The molecule has 2 aromatic rings. The number of hydrogen-bond acceptors (Lipinski definition) is 5. The molecule has 0 aliphatic carbocycles. The molecular formula is C13H11N5O. The molecule has 6 nitrogen and oxygen atoms in total. The maximum absolute atomic E-state index is 8.66. The summed E-state index contributed by atoms with van der Waals surface area (Å²) in [5.41, 5.74) is 0.610. The summed E-state index contributed by atoms with van der Waals surface area (Å²) in [6.07, 6.45) is 2.29. The first kappa shape index (κ1) is 12.6. The van der Waals surface area contributed by atoms with Gasteiger partial charge >= 0.3 is 0 Å². The second-order valence-corrected chi connectivity index (χ2v) is 3.78. The van der Waals surface area contributed by atoms with E-state index in [1.165, 1.54) is 6.33 Å². The van der Waals surface area contributed by atoms with Crippen LogP contribution >= 0.6 is 0 Å². The summed E-state index contributed by atoms with van der Waals surface area (Å²) in [5, 5.41) is 21.2. The molecule has 0 radical (unpaired) electrons. The average molecular weight is 253 g/mol. The van der Waals surface area contributed by atoms with Gasteiger partial charge in [0.15, 0.2) is 0 Å². The Balaban J connectivity index is 1.74. The fourth-order valence-electron chi connectivity index (χ4n) is 1.50. The number of aromatic nitrogens is 3. The summed E-state index contributed by atoms with van der Waals surface area (Å²) in [6.45, 7) is 1.18. The normalized spacial score (nSPS) is 9.58. The van der Waals surface area contributed by atoms with Crippen molar-refractivity contribution in [2.75, 3.05) is 6.61 Å². The van der Waals surface area contributed by atoms with Crippen molar-refractivity contribution >= 4 is 0 Å². The molecule has 0 spiro atoms. The SMILES string of the molecule is N#Cc1ccc(OCCCn2cnc(C#N)n2)cc1. The zero-order valence-corrected chi connectivity index (χ0v) is 10.2. The molecule has 1 aromatic heterocycles. The van der Waals surface area contributed by atoms with E-state index in [0.29, 0.717) is 18.7 Å². The van der Waals surface area contributed by atoms with Gasteiger partial charge in [-0.25, -0.2) is 4.98 Å². The lowest BCUT2D eigenvalue weighted by Gasteiger charge is -2.05. The van der Waals surface area contributed by atoms with Crippen molar-refractivity contribution in [2.45, 2.75) is 13.0 Å². The van der Waals surface area contributed by atoms with Crippen LogP contribution in [0.15, 0.2) is 30.6 Å². The molecule has 0 atom stereocenters. The summed E-state index contributed by atoms with van der Waals surface area (Å²) < 4.78 is 7.14. The highest BCUT2D eigenvalue weighted by atomic mass is 16.5. The summed E-state index contributed by atoms with van der Waals surface area (Å²) in [5.74, 6) is 0.906. The number of aryl methyl sites for hydroxylation is 1. The van der Waals surface area contributed by atoms with Gasteiger partial charge in [-0.3, -0.25) is 4.68 Å². The monoisotopic (exact) mass is 253 g/mol. The lowest BCUT2D eigenvalue weighted by molar-refractivity contribution is 0.298. The molecule has 0 amide bonds. The molecule has 0 bridgehead atoms. The standard InChI is InChI=1S/C13H11N5O/c14-8-11-2-4-12(5-3-11)19-7-1-6-18-10-16-13(9-15)17-18/h2-5,10H,1,6-7H2. The maximum atomic E-state index is 8.66. The molecule has 0 fully saturated rings. The van der Waals surface area contributed by atoms with Crippen LogP contribution < -0.4 is 4.74 Å². The van der Waals surface area contributed by atoms with Crippen LogP contribution in [0.1, 0.15) is 17.8 Å². The molecule has 1 heterocycles. The van der Waals surface area contributed by atoms with Gasteiger partial charge in [-0.05, 0) is 24.3 Å². The number of nitrogens with zero attached hydrogens (tertiary/aromatic N) is 5. The van der Waals surface area contributed by atoms with Crippen LogP contribution in [-0.4, -0.2) is 21.4 Å². The van der Waals surface area contributed by atoms with E-state index in [1.54, 1.807) is 28.9 Å². The number of benzene rings is 1. The Kier molecular flexibility index (Phi) is 4.09. The summed E-state index contributed by atoms with van der Waals surface area (Å²) in [4.78, 5) is 3.81. The first-order chi connectivity index (χ1) is 9.31. The zero-order valence-electron chi connectivity index (χ0n) is 10.2. The van der Waals surface area contributed by atoms with Crippen LogP contribution in [0.3, 0.4) is 0 Å². The Labute approximate surface area is 110 Å². The van der Waals surface area contributed by atoms with Crippen molar-refractivity contribution in [1.29, 1.82) is 10.5 Å². The molecule has 0 aliphatic heterocycles. The van der Waals surface area contributed by atoms with Gasteiger partial charge in [0.05, 0.1) is 18.2 Å². The third-order valence-electron chi connectivity index (χ3n) is 2.42. The predicted molar refractivity (Wildman–Crippen MR) is 66.0 cm³/mol. The summed E-state index contributed by atoms with van der Waals surface area (Å²) in [6, 6.07) is 10.9. The molecule has 6 heteroatoms. The van der Waals surface area contributed by atoms with Gasteiger partial charge in [-0.15, -0.1) is 5.10 Å². The Morgan fingerprint density at radius 1 is 1.16 bits per heavy atom. The van der Waals surface area contributed by atoms with Gasteiger partial charge in [0.1, 0.15) is 18.1 Å². The third kappa shape index (κ3) is 3.55. The highest BCUT2D eigenvalue weighted by molar-refractivity contribution is 5.34. The molecular weight excluding hydrogens is 242 g/mol. The number of hydrogen-bond donors (Lipinski definition) is 0. The van der Waals surface area contributed by atoms with Crippen LogP contribution in [0, 0.1) is 22.7 Å². The van der Waals surface area contributed by atoms with Gasteiger partial charge in [0, 0.05) is 13.0 Å². The molecule has 1 aromatic carbocycles. The molecule has 2 rings (SSSR count). The van der Waals surface area contributed by atoms with Crippen molar-refractivity contribution < 1.29 is 4.74 Å². The van der Waals surface area contributed by atoms with E-state index >= 15 is 0 Å². The van der Waals surface area contributed by atoms with Crippen LogP contribution in [-0.2, 0) is 6.54 Å². The Morgan fingerprint density at radius 2 is 1.95 bits per heavy atom. The Hall–Kier alpha value is -2.86. The van der Waals surface area contributed by atoms with Crippen molar-refractivity contribution in [1.82, 2.24) is 14.8 Å². The smallest absolute Gasteiger partial charge is 0.252 e. The van der Waals surface area contributed by atoms with E-state index in [2.05, 4.69) is 16.2 Å². The Morgan fingerprint density at radius 3 is 2.58 bits per heavy atom. The quantitative estimate of drug-likeness (QED) is 0.753. The molecule has 19 heavy (non-hydrogen) atoms. The van der Waals surface area contributed by atoms with Crippen LogP contribution in [0.25, 0.3) is 0 Å². The van der Waals surface area contributed by atoms with Crippen molar-refractivity contribution in [3.8, 4) is 17.9 Å². The third-order valence-corrected chi connectivity index (χ3v) is 2.42. The second kappa shape index (κ2) is 6.18. The van der Waals surface area contributed by atoms with Gasteiger partial charge in [-0.2, -0.15) is 10.5 Å². The van der Waals surface area contributed by atoms with E-state index < -0.39 is 0 Å². The van der Waals surface area contributed by atoms with E-state index in [-0.39, 0.29) is 5.82 Å². The van der Waals surface area contributed by atoms with Gasteiger partial charge in [0.25, 0.3) is 5.82 Å². The molecule has 0 saturated carbocycles. The number of rotatable bonds is 5. The van der Waals surface area contributed by atoms with Crippen molar-refractivity contribution in [3.05, 3.63) is 42.0 Å². The second-order valence-electron chi connectivity index (χ2n) is 3.78. The van der Waals surface area contributed by atoms with E-state index in [9.17, 15) is 0 Å². The van der Waals surface area contributed by atoms with E-state index in [4.69, 9.17) is 15.3 Å². The summed E-state index contributed by atoms with van der Waals surface area (Å²) in [7, 11) is 0. The van der Waals surface area contributed by atoms with E-state index in [1.807, 2.05) is 6.07 Å². The predicted octanol–water partition coefficient (Wildman–Crippen LogP) is 1.49. The number of ether oxygens (including phenoxy) is 1. The lowest BCUT2D eigenvalue weighted by atomic mass is 10.2. The number of nitriles is 2. The highest BCUT2D eigenvalue weighted by Gasteiger charge is 1.99. The van der Waals surface area contributed by atoms with Gasteiger partial charge in [0.2, 0.25) is 0 Å². The van der Waals surface area contributed by atoms with Gasteiger partial charge in [-0.1, -0.05) is 0 Å². The van der Waals surface area contributed by atoms with Crippen LogP contribution in [0.5, 0.6) is 5.75 Å². The minimum Gasteiger partial charge on any atom is -0.494 e. The molecule has 0 saturated heterocycles. The average Bonchev–Trinajstić information content (AvgIpc) is 2.92. The van der Waals surface area contributed by atoms with Crippen LogP contribution in [0.4, 0.5) is 0 Å². The molecule has 0 N–H and O–H groups in total. The molecule has 0 unspecified atom stereocenters. The maximum Gasteiger partial charge on any atom is 0.252 e. The lowest BCUT2D eigenvalue weighted by Crippen LogP contribution is -2.05. The largest absolute Gasteiger partial charge is 0.494 e.